The lowest BCUT2D eigenvalue weighted by Gasteiger charge is -2.00. The zero-order chi connectivity index (χ0) is 10.7. The number of nitrogens with zero attached hydrogens (tertiary/aromatic N) is 3. The van der Waals surface area contributed by atoms with Crippen molar-refractivity contribution in [2.24, 2.45) is 0 Å². The van der Waals surface area contributed by atoms with Gasteiger partial charge in [0.15, 0.2) is 0 Å². The van der Waals surface area contributed by atoms with Crippen molar-refractivity contribution < 1.29 is 0 Å². The van der Waals surface area contributed by atoms with Gasteiger partial charge in [0.1, 0.15) is 15.2 Å². The van der Waals surface area contributed by atoms with Crippen LogP contribution in [0.5, 0.6) is 0 Å². The van der Waals surface area contributed by atoms with Crippen molar-refractivity contribution in [2.75, 3.05) is 5.73 Å². The van der Waals surface area contributed by atoms with Crippen LogP contribution in [-0.4, -0.2) is 15.0 Å². The first kappa shape index (κ1) is 10.2. The quantitative estimate of drug-likeness (QED) is 0.813. The number of nitrogen functional groups attached to an aromatic ring is 1. The second-order valence-corrected chi connectivity index (χ2v) is 4.09. The van der Waals surface area contributed by atoms with E-state index in [0.29, 0.717) is 10.2 Å². The van der Waals surface area contributed by atoms with E-state index in [9.17, 15) is 0 Å². The molecule has 0 aliphatic heterocycles. The third kappa shape index (κ3) is 2.81. The molecular weight excluding hydrogens is 232 g/mol. The number of nitrogens with two attached hydrogens (primary N) is 1. The number of rotatable bonds is 2. The highest BCUT2D eigenvalue weighted by Crippen LogP contribution is 2.25. The molecule has 2 rings (SSSR count). The molecule has 0 amide bonds. The molecule has 0 aromatic carbocycles. The van der Waals surface area contributed by atoms with Gasteiger partial charge in [-0.25, -0.2) is 15.0 Å². The Kier molecular flexibility index (Phi) is 3.03. The second kappa shape index (κ2) is 4.46. The van der Waals surface area contributed by atoms with E-state index < -0.39 is 0 Å². The van der Waals surface area contributed by atoms with Crippen LogP contribution in [0.1, 0.15) is 0 Å². The summed E-state index contributed by atoms with van der Waals surface area (Å²) in [6.07, 6.45) is 1.72. The van der Waals surface area contributed by atoms with E-state index in [1.165, 1.54) is 11.8 Å². The summed E-state index contributed by atoms with van der Waals surface area (Å²) in [7, 11) is 0. The second-order valence-electron chi connectivity index (χ2n) is 2.66. The molecule has 0 saturated heterocycles. The smallest absolute Gasteiger partial charge is 0.222 e. The molecule has 0 bridgehead atoms. The van der Waals surface area contributed by atoms with Crippen molar-refractivity contribution in [3.8, 4) is 0 Å². The third-order valence-electron chi connectivity index (χ3n) is 1.54. The molecule has 0 aliphatic carbocycles. The molecule has 76 valence electrons. The van der Waals surface area contributed by atoms with Gasteiger partial charge in [0, 0.05) is 12.3 Å². The van der Waals surface area contributed by atoms with E-state index in [2.05, 4.69) is 15.0 Å². The van der Waals surface area contributed by atoms with Gasteiger partial charge in [-0.05, 0) is 23.9 Å². The third-order valence-corrected chi connectivity index (χ3v) is 2.60. The van der Waals surface area contributed by atoms with Crippen LogP contribution in [0.2, 0.25) is 5.15 Å². The molecule has 2 aromatic rings. The summed E-state index contributed by atoms with van der Waals surface area (Å²) in [4.78, 5) is 12.0. The van der Waals surface area contributed by atoms with Crippen LogP contribution in [0.4, 0.5) is 5.95 Å². The first-order valence-electron chi connectivity index (χ1n) is 4.13. The molecule has 15 heavy (non-hydrogen) atoms. The Labute approximate surface area is 95.9 Å². The lowest BCUT2D eigenvalue weighted by atomic mass is 10.5. The molecule has 0 saturated carbocycles. The predicted molar refractivity (Wildman–Crippen MR) is 59.8 cm³/mol. The summed E-state index contributed by atoms with van der Waals surface area (Å²) in [5, 5.41) is 1.86. The Morgan fingerprint density at radius 2 is 2.07 bits per heavy atom. The fourth-order valence-electron chi connectivity index (χ4n) is 0.981. The fraction of sp³-hybridized carbons (Fsp3) is 0. The van der Waals surface area contributed by atoms with Gasteiger partial charge in [0.2, 0.25) is 5.95 Å². The predicted octanol–water partition coefficient (Wildman–Crippen LogP) is 2.26. The summed E-state index contributed by atoms with van der Waals surface area (Å²) >= 11 is 7.14. The highest BCUT2D eigenvalue weighted by molar-refractivity contribution is 7.99. The molecule has 2 N–H and O–H groups in total. The number of anilines is 1. The van der Waals surface area contributed by atoms with Crippen LogP contribution in [0, 0.1) is 0 Å². The van der Waals surface area contributed by atoms with Crippen molar-refractivity contribution in [3.63, 3.8) is 0 Å². The van der Waals surface area contributed by atoms with Crippen LogP contribution in [0.15, 0.2) is 40.5 Å². The van der Waals surface area contributed by atoms with Gasteiger partial charge in [-0.15, -0.1) is 0 Å². The van der Waals surface area contributed by atoms with Gasteiger partial charge in [0.05, 0.1) is 0 Å². The van der Waals surface area contributed by atoms with Crippen LogP contribution in [0.25, 0.3) is 0 Å². The van der Waals surface area contributed by atoms with Gasteiger partial charge in [0.25, 0.3) is 0 Å². The lowest BCUT2D eigenvalue weighted by molar-refractivity contribution is 1.05. The Morgan fingerprint density at radius 3 is 2.73 bits per heavy atom. The average Bonchev–Trinajstić information content (AvgIpc) is 2.17. The van der Waals surface area contributed by atoms with Crippen LogP contribution in [-0.2, 0) is 0 Å². The van der Waals surface area contributed by atoms with Crippen LogP contribution >= 0.6 is 23.4 Å². The standard InChI is InChI=1S/C9H7ClN4S/c10-6-5-8(14-9(11)13-6)15-7-3-1-2-4-12-7/h1-5H,(H2,11,13,14). The van der Waals surface area contributed by atoms with E-state index >= 15 is 0 Å². The Morgan fingerprint density at radius 1 is 1.20 bits per heavy atom. The SMILES string of the molecule is Nc1nc(Cl)cc(Sc2ccccn2)n1. The molecule has 0 fully saturated rings. The number of pyridine rings is 1. The minimum Gasteiger partial charge on any atom is -0.368 e. The molecule has 0 unspecified atom stereocenters. The molecule has 0 atom stereocenters. The zero-order valence-corrected chi connectivity index (χ0v) is 9.16. The van der Waals surface area contributed by atoms with E-state index in [0.717, 1.165) is 5.03 Å². The van der Waals surface area contributed by atoms with Gasteiger partial charge >= 0.3 is 0 Å². The van der Waals surface area contributed by atoms with Gasteiger partial charge in [-0.2, -0.15) is 0 Å². The summed E-state index contributed by atoms with van der Waals surface area (Å²) in [5.74, 6) is 0.168. The molecule has 0 spiro atoms. The van der Waals surface area contributed by atoms with Gasteiger partial charge in [-0.3, -0.25) is 0 Å². The number of hydrogen-bond acceptors (Lipinski definition) is 5. The number of halogens is 1. The largest absolute Gasteiger partial charge is 0.368 e. The number of hydrogen-bond donors (Lipinski definition) is 1. The van der Waals surface area contributed by atoms with E-state index in [-0.39, 0.29) is 5.95 Å². The van der Waals surface area contributed by atoms with E-state index in [4.69, 9.17) is 17.3 Å². The topological polar surface area (TPSA) is 64.7 Å². The van der Waals surface area contributed by atoms with E-state index in [1.54, 1.807) is 12.3 Å². The highest BCUT2D eigenvalue weighted by Gasteiger charge is 2.03. The molecule has 2 aromatic heterocycles. The van der Waals surface area contributed by atoms with Crippen molar-refractivity contribution in [2.45, 2.75) is 10.1 Å². The van der Waals surface area contributed by atoms with Crippen molar-refractivity contribution in [1.29, 1.82) is 0 Å². The first-order valence-corrected chi connectivity index (χ1v) is 5.32. The maximum atomic E-state index is 5.75. The maximum absolute atomic E-state index is 5.75. The molecular formula is C9H7ClN4S. The molecule has 0 radical (unpaired) electrons. The van der Waals surface area contributed by atoms with Crippen LogP contribution in [0.3, 0.4) is 0 Å². The van der Waals surface area contributed by atoms with Gasteiger partial charge in [-0.1, -0.05) is 17.7 Å². The zero-order valence-electron chi connectivity index (χ0n) is 7.59. The Hall–Kier alpha value is -1.33. The minimum absolute atomic E-state index is 0.168. The van der Waals surface area contributed by atoms with E-state index in [1.807, 2.05) is 18.2 Å². The normalized spacial score (nSPS) is 10.2. The molecule has 4 nitrogen and oxygen atoms in total. The number of aromatic nitrogens is 3. The lowest BCUT2D eigenvalue weighted by Crippen LogP contribution is -1.95. The first-order chi connectivity index (χ1) is 7.24. The highest BCUT2D eigenvalue weighted by atomic mass is 35.5. The fourth-order valence-corrected chi connectivity index (χ4v) is 2.02. The Bertz CT molecular complexity index is 443. The molecule has 6 heteroatoms. The molecule has 2 heterocycles. The van der Waals surface area contributed by atoms with Crippen molar-refractivity contribution in [1.82, 2.24) is 15.0 Å². The average molecular weight is 239 g/mol. The summed E-state index contributed by atoms with van der Waals surface area (Å²) in [5.41, 5.74) is 5.47. The maximum Gasteiger partial charge on any atom is 0.222 e. The van der Waals surface area contributed by atoms with Crippen molar-refractivity contribution in [3.05, 3.63) is 35.6 Å². The summed E-state index contributed by atoms with van der Waals surface area (Å²) < 4.78 is 0. The molecule has 0 aliphatic rings. The Balaban J connectivity index is 2.25. The minimum atomic E-state index is 0.168. The van der Waals surface area contributed by atoms with Crippen molar-refractivity contribution >= 4 is 29.3 Å². The summed E-state index contributed by atoms with van der Waals surface area (Å²) in [6, 6.07) is 7.29. The monoisotopic (exact) mass is 238 g/mol. The summed E-state index contributed by atoms with van der Waals surface area (Å²) in [6.45, 7) is 0. The van der Waals surface area contributed by atoms with Gasteiger partial charge < -0.3 is 5.73 Å². The van der Waals surface area contributed by atoms with Crippen LogP contribution < -0.4 is 5.73 Å².